The maximum atomic E-state index is 12.3. The van der Waals surface area contributed by atoms with Crippen LogP contribution < -0.4 is 10.6 Å². The lowest BCUT2D eigenvalue weighted by Crippen LogP contribution is -2.22. The van der Waals surface area contributed by atoms with Crippen LogP contribution in [-0.4, -0.2) is 11.8 Å². The Hall–Kier alpha value is -1.55. The summed E-state index contributed by atoms with van der Waals surface area (Å²) in [6.07, 6.45) is 3.71. The summed E-state index contributed by atoms with van der Waals surface area (Å²) in [6.45, 7) is 1.79. The third-order valence-electron chi connectivity index (χ3n) is 4.44. The average molecular weight is 307 g/mol. The Labute approximate surface area is 129 Å². The first-order valence-corrected chi connectivity index (χ1v) is 7.85. The molecule has 0 heterocycles. The van der Waals surface area contributed by atoms with Gasteiger partial charge in [-0.1, -0.05) is 18.5 Å². The zero-order valence-corrected chi connectivity index (χ0v) is 12.7. The highest BCUT2D eigenvalue weighted by molar-refractivity contribution is 6.33. The third kappa shape index (κ3) is 3.21. The van der Waals surface area contributed by atoms with Crippen LogP contribution in [0.2, 0.25) is 5.02 Å². The first-order valence-electron chi connectivity index (χ1n) is 7.47. The molecule has 0 aliphatic heterocycles. The Kier molecular flexibility index (Phi) is 3.89. The number of carbonyl (C=O) groups excluding carboxylic acids is 2. The zero-order chi connectivity index (χ0) is 15.0. The van der Waals surface area contributed by atoms with Crippen molar-refractivity contribution in [3.63, 3.8) is 0 Å². The SMILES string of the molecule is CCC(=O)Nc1ccc(Cl)c(NC(=O)C2CC3CC3C2)c1. The van der Waals surface area contributed by atoms with Gasteiger partial charge in [-0.25, -0.2) is 0 Å². The van der Waals surface area contributed by atoms with Gasteiger partial charge in [-0.3, -0.25) is 9.59 Å². The molecule has 21 heavy (non-hydrogen) atoms. The number of fused-ring (bicyclic) bond motifs is 1. The number of anilines is 2. The molecule has 5 heteroatoms. The van der Waals surface area contributed by atoms with Crippen molar-refractivity contribution in [2.45, 2.75) is 32.6 Å². The second kappa shape index (κ2) is 5.68. The molecule has 3 rings (SSSR count). The molecule has 1 aromatic carbocycles. The number of halogens is 1. The second-order valence-corrected chi connectivity index (χ2v) is 6.42. The molecule has 0 aromatic heterocycles. The fourth-order valence-corrected chi connectivity index (χ4v) is 3.28. The van der Waals surface area contributed by atoms with Gasteiger partial charge in [-0.2, -0.15) is 0 Å². The van der Waals surface area contributed by atoms with E-state index >= 15 is 0 Å². The summed E-state index contributed by atoms with van der Waals surface area (Å²) in [5, 5.41) is 6.16. The molecule has 1 aromatic rings. The van der Waals surface area contributed by atoms with Crippen molar-refractivity contribution in [2.75, 3.05) is 10.6 Å². The Morgan fingerprint density at radius 1 is 1.19 bits per heavy atom. The highest BCUT2D eigenvalue weighted by atomic mass is 35.5. The van der Waals surface area contributed by atoms with E-state index in [4.69, 9.17) is 11.6 Å². The smallest absolute Gasteiger partial charge is 0.227 e. The predicted octanol–water partition coefficient (Wildman–Crippen LogP) is 3.67. The molecular formula is C16H19ClN2O2. The summed E-state index contributed by atoms with van der Waals surface area (Å²) in [5.74, 6) is 1.63. The van der Waals surface area contributed by atoms with Crippen molar-refractivity contribution in [3.05, 3.63) is 23.2 Å². The summed E-state index contributed by atoms with van der Waals surface area (Å²) in [7, 11) is 0. The fourth-order valence-electron chi connectivity index (χ4n) is 3.11. The molecular weight excluding hydrogens is 288 g/mol. The van der Waals surface area contributed by atoms with E-state index in [1.165, 1.54) is 6.42 Å². The lowest BCUT2D eigenvalue weighted by Gasteiger charge is -2.14. The molecule has 0 spiro atoms. The molecule has 0 radical (unpaired) electrons. The lowest BCUT2D eigenvalue weighted by atomic mass is 10.0. The molecule has 2 saturated carbocycles. The van der Waals surface area contributed by atoms with Gasteiger partial charge in [0.25, 0.3) is 0 Å². The molecule has 2 atom stereocenters. The zero-order valence-electron chi connectivity index (χ0n) is 12.0. The van der Waals surface area contributed by atoms with E-state index in [0.29, 0.717) is 22.8 Å². The van der Waals surface area contributed by atoms with Gasteiger partial charge >= 0.3 is 0 Å². The van der Waals surface area contributed by atoms with Crippen molar-refractivity contribution in [3.8, 4) is 0 Å². The molecule has 2 amide bonds. The van der Waals surface area contributed by atoms with Crippen LogP contribution in [0.3, 0.4) is 0 Å². The molecule has 2 aliphatic rings. The topological polar surface area (TPSA) is 58.2 Å². The van der Waals surface area contributed by atoms with Gasteiger partial charge in [0.2, 0.25) is 11.8 Å². The van der Waals surface area contributed by atoms with Gasteiger partial charge in [0.15, 0.2) is 0 Å². The Balaban J connectivity index is 1.67. The largest absolute Gasteiger partial charge is 0.326 e. The average Bonchev–Trinajstić information content (AvgIpc) is 3.08. The van der Waals surface area contributed by atoms with Crippen molar-refractivity contribution in [1.29, 1.82) is 0 Å². The molecule has 0 saturated heterocycles. The van der Waals surface area contributed by atoms with E-state index in [0.717, 1.165) is 24.7 Å². The maximum absolute atomic E-state index is 12.3. The predicted molar refractivity (Wildman–Crippen MR) is 83.3 cm³/mol. The minimum Gasteiger partial charge on any atom is -0.326 e. The van der Waals surface area contributed by atoms with Crippen molar-refractivity contribution >= 4 is 34.8 Å². The van der Waals surface area contributed by atoms with E-state index in [-0.39, 0.29) is 17.7 Å². The van der Waals surface area contributed by atoms with Crippen molar-refractivity contribution in [2.24, 2.45) is 17.8 Å². The van der Waals surface area contributed by atoms with Crippen LogP contribution in [0.25, 0.3) is 0 Å². The van der Waals surface area contributed by atoms with Crippen molar-refractivity contribution < 1.29 is 9.59 Å². The highest BCUT2D eigenvalue weighted by Gasteiger charge is 2.48. The van der Waals surface area contributed by atoms with Gasteiger partial charge < -0.3 is 10.6 Å². The van der Waals surface area contributed by atoms with Gasteiger partial charge in [-0.15, -0.1) is 0 Å². The van der Waals surface area contributed by atoms with Crippen LogP contribution in [-0.2, 0) is 9.59 Å². The normalized spacial score (nSPS) is 26.1. The molecule has 2 N–H and O–H groups in total. The van der Waals surface area contributed by atoms with E-state index < -0.39 is 0 Å². The minimum absolute atomic E-state index is 0.0445. The second-order valence-electron chi connectivity index (χ2n) is 6.01. The Morgan fingerprint density at radius 2 is 1.90 bits per heavy atom. The summed E-state index contributed by atoms with van der Waals surface area (Å²) in [6, 6.07) is 5.13. The summed E-state index contributed by atoms with van der Waals surface area (Å²) >= 11 is 6.13. The Morgan fingerprint density at radius 3 is 2.57 bits per heavy atom. The molecule has 112 valence electrons. The first-order chi connectivity index (χ1) is 10.1. The highest BCUT2D eigenvalue weighted by Crippen LogP contribution is 2.54. The van der Waals surface area contributed by atoms with E-state index in [1.54, 1.807) is 25.1 Å². The number of nitrogens with one attached hydrogen (secondary N) is 2. The quantitative estimate of drug-likeness (QED) is 0.891. The van der Waals surface area contributed by atoms with Gasteiger partial charge in [0.05, 0.1) is 10.7 Å². The monoisotopic (exact) mass is 306 g/mol. The van der Waals surface area contributed by atoms with E-state index in [9.17, 15) is 9.59 Å². The summed E-state index contributed by atoms with van der Waals surface area (Å²) in [4.78, 5) is 23.7. The first kappa shape index (κ1) is 14.4. The van der Waals surface area contributed by atoms with Crippen molar-refractivity contribution in [1.82, 2.24) is 0 Å². The number of amides is 2. The standard InChI is InChI=1S/C16H19ClN2O2/c1-2-15(20)18-12-3-4-13(17)14(8-12)19-16(21)11-6-9-5-10(9)7-11/h3-4,8-11H,2,5-7H2,1H3,(H,18,20)(H,19,21). The third-order valence-corrected chi connectivity index (χ3v) is 4.77. The van der Waals surface area contributed by atoms with Crippen LogP contribution in [0.1, 0.15) is 32.6 Å². The molecule has 0 bridgehead atoms. The summed E-state index contributed by atoms with van der Waals surface area (Å²) < 4.78 is 0. The van der Waals surface area contributed by atoms with Crippen LogP contribution in [0.15, 0.2) is 18.2 Å². The number of rotatable bonds is 4. The Bertz CT molecular complexity index is 578. The molecule has 2 fully saturated rings. The van der Waals surface area contributed by atoms with E-state index in [1.807, 2.05) is 0 Å². The van der Waals surface area contributed by atoms with Crippen LogP contribution in [0, 0.1) is 17.8 Å². The number of hydrogen-bond acceptors (Lipinski definition) is 2. The lowest BCUT2D eigenvalue weighted by molar-refractivity contribution is -0.120. The van der Waals surface area contributed by atoms with Crippen LogP contribution in [0.5, 0.6) is 0 Å². The number of carbonyl (C=O) groups is 2. The minimum atomic E-state index is -0.0644. The number of hydrogen-bond donors (Lipinski definition) is 2. The van der Waals surface area contributed by atoms with Gasteiger partial charge in [-0.05, 0) is 49.3 Å². The van der Waals surface area contributed by atoms with Gasteiger partial charge in [0.1, 0.15) is 0 Å². The fraction of sp³-hybridized carbons (Fsp3) is 0.500. The molecule has 4 nitrogen and oxygen atoms in total. The summed E-state index contributed by atoms with van der Waals surface area (Å²) in [5.41, 5.74) is 1.21. The molecule has 2 unspecified atom stereocenters. The maximum Gasteiger partial charge on any atom is 0.227 e. The van der Waals surface area contributed by atoms with Gasteiger partial charge in [0, 0.05) is 18.0 Å². The van der Waals surface area contributed by atoms with E-state index in [2.05, 4.69) is 10.6 Å². The number of benzene rings is 1. The van der Waals surface area contributed by atoms with Crippen LogP contribution in [0.4, 0.5) is 11.4 Å². The molecule has 2 aliphatic carbocycles. The van der Waals surface area contributed by atoms with Crippen LogP contribution >= 0.6 is 11.6 Å².